The first kappa shape index (κ1) is 22.3. The van der Waals surface area contributed by atoms with Crippen molar-refractivity contribution in [2.75, 3.05) is 17.6 Å². The Morgan fingerprint density at radius 1 is 1.03 bits per heavy atom. The van der Waals surface area contributed by atoms with Crippen molar-refractivity contribution >= 4 is 32.3 Å². The van der Waals surface area contributed by atoms with Crippen LogP contribution in [0.5, 0.6) is 5.88 Å². The molecule has 0 saturated carbocycles. The van der Waals surface area contributed by atoms with Crippen molar-refractivity contribution in [1.29, 1.82) is 0 Å². The third-order valence-corrected chi connectivity index (χ3v) is 6.24. The first-order valence-electron chi connectivity index (χ1n) is 9.49. The molecule has 2 aromatic heterocycles. The molecule has 0 aliphatic rings. The predicted molar refractivity (Wildman–Crippen MR) is 118 cm³/mol. The average molecular weight is 474 g/mol. The second kappa shape index (κ2) is 8.58. The van der Waals surface area contributed by atoms with E-state index < -0.39 is 44.5 Å². The summed E-state index contributed by atoms with van der Waals surface area (Å²) in [4.78, 5) is 7.25. The highest BCUT2D eigenvalue weighted by Crippen LogP contribution is 2.34. The van der Waals surface area contributed by atoms with Crippen LogP contribution in [0.2, 0.25) is 0 Å². The van der Waals surface area contributed by atoms with Gasteiger partial charge in [-0.25, -0.2) is 31.6 Å². The smallest absolute Gasteiger partial charge is 0.267 e. The lowest BCUT2D eigenvalue weighted by molar-refractivity contribution is 0.383. The van der Waals surface area contributed by atoms with E-state index in [-0.39, 0.29) is 17.0 Å². The number of nitrogens with two attached hydrogens (primary N) is 1. The number of sulfonamides is 1. The molecule has 0 bridgehead atoms. The zero-order valence-corrected chi connectivity index (χ0v) is 18.0. The van der Waals surface area contributed by atoms with Gasteiger partial charge in [0, 0.05) is 23.3 Å². The molecule has 0 aliphatic heterocycles. The number of ether oxygens (including phenoxy) is 1. The van der Waals surface area contributed by atoms with E-state index in [1.54, 1.807) is 12.1 Å². The van der Waals surface area contributed by atoms with Gasteiger partial charge < -0.3 is 10.5 Å². The number of nitrogens with one attached hydrogen (secondary N) is 1. The van der Waals surface area contributed by atoms with Gasteiger partial charge in [-0.1, -0.05) is 12.1 Å². The van der Waals surface area contributed by atoms with Crippen molar-refractivity contribution in [2.24, 2.45) is 0 Å². The van der Waals surface area contributed by atoms with E-state index in [1.165, 1.54) is 25.4 Å². The Balaban J connectivity index is 1.79. The van der Waals surface area contributed by atoms with Gasteiger partial charge >= 0.3 is 0 Å². The van der Waals surface area contributed by atoms with Gasteiger partial charge in [-0.15, -0.1) is 0 Å². The molecular weight excluding hydrogens is 457 g/mol. The number of nitrogen functional groups attached to an aromatic ring is 1. The Labute approximate surface area is 187 Å². The molecular formula is C22H17F3N4O3S. The molecule has 0 saturated heterocycles. The zero-order valence-electron chi connectivity index (χ0n) is 17.1. The van der Waals surface area contributed by atoms with Crippen molar-refractivity contribution < 1.29 is 26.3 Å². The summed E-state index contributed by atoms with van der Waals surface area (Å²) in [6.07, 6.45) is 2.59. The Kier molecular flexibility index (Phi) is 5.81. The molecule has 0 aliphatic carbocycles. The second-order valence-corrected chi connectivity index (χ2v) is 8.70. The first-order valence-corrected chi connectivity index (χ1v) is 11.0. The fraction of sp³-hybridized carbons (Fsp3) is 0.0909. The molecule has 0 radical (unpaired) electrons. The number of alkyl halides is 1. The molecule has 0 atom stereocenters. The minimum atomic E-state index is -4.45. The van der Waals surface area contributed by atoms with Gasteiger partial charge in [0.1, 0.15) is 23.2 Å². The van der Waals surface area contributed by atoms with E-state index in [4.69, 9.17) is 10.5 Å². The first-order chi connectivity index (χ1) is 15.7. The van der Waals surface area contributed by atoms with Crippen LogP contribution in [0.4, 0.5) is 24.7 Å². The maximum absolute atomic E-state index is 15.3. The van der Waals surface area contributed by atoms with E-state index in [0.717, 1.165) is 29.8 Å². The van der Waals surface area contributed by atoms with Gasteiger partial charge in [0.15, 0.2) is 5.82 Å². The highest BCUT2D eigenvalue weighted by Gasteiger charge is 2.25. The number of benzene rings is 2. The normalized spacial score (nSPS) is 11.5. The minimum Gasteiger partial charge on any atom is -0.480 e. The highest BCUT2D eigenvalue weighted by atomic mass is 32.2. The minimum absolute atomic E-state index is 0.0122. The summed E-state index contributed by atoms with van der Waals surface area (Å²) in [7, 11) is -3.26. The standard InChI is InChI=1S/C22H17F3N4O3S/c1-32-22-18(6-12(9-23)10-28-22)33(30,31)29-17-5-4-16(24)20(21(17)25)14-3-2-13-8-19(26)27-11-15(13)7-14/h2-8,10-11,29H,9H2,1H3,(H2,26,27). The lowest BCUT2D eigenvalue weighted by Gasteiger charge is -2.14. The number of methoxy groups -OCH3 is 1. The second-order valence-electron chi connectivity index (χ2n) is 7.05. The molecule has 4 rings (SSSR count). The number of fused-ring (bicyclic) bond motifs is 1. The number of anilines is 2. The number of hydrogen-bond donors (Lipinski definition) is 2. The molecule has 0 amide bonds. The summed E-state index contributed by atoms with van der Waals surface area (Å²) in [6, 6.07) is 9.15. The molecule has 4 aromatic rings. The average Bonchev–Trinajstić information content (AvgIpc) is 2.80. The summed E-state index contributed by atoms with van der Waals surface area (Å²) in [5.41, 5.74) is 4.88. The maximum Gasteiger partial charge on any atom is 0.267 e. The number of aromatic nitrogens is 2. The molecule has 3 N–H and O–H groups in total. The van der Waals surface area contributed by atoms with Crippen LogP contribution in [-0.2, 0) is 16.7 Å². The van der Waals surface area contributed by atoms with E-state index in [0.29, 0.717) is 11.2 Å². The van der Waals surface area contributed by atoms with Crippen molar-refractivity contribution in [2.45, 2.75) is 11.6 Å². The van der Waals surface area contributed by atoms with Gasteiger partial charge in [0.2, 0.25) is 5.88 Å². The Bertz CT molecular complexity index is 1480. The zero-order chi connectivity index (χ0) is 23.8. The lowest BCUT2D eigenvalue weighted by Crippen LogP contribution is -2.16. The largest absolute Gasteiger partial charge is 0.480 e. The Morgan fingerprint density at radius 3 is 2.55 bits per heavy atom. The van der Waals surface area contributed by atoms with E-state index in [2.05, 4.69) is 14.7 Å². The molecule has 170 valence electrons. The Morgan fingerprint density at radius 2 is 1.82 bits per heavy atom. The Hall–Kier alpha value is -3.86. The van der Waals surface area contributed by atoms with Crippen LogP contribution in [0.25, 0.3) is 21.9 Å². The fourth-order valence-electron chi connectivity index (χ4n) is 3.30. The molecule has 33 heavy (non-hydrogen) atoms. The summed E-state index contributed by atoms with van der Waals surface area (Å²) in [5.74, 6) is -2.03. The van der Waals surface area contributed by atoms with Gasteiger partial charge in [0.25, 0.3) is 10.0 Å². The molecule has 0 spiro atoms. The van der Waals surface area contributed by atoms with Crippen LogP contribution in [0, 0.1) is 11.6 Å². The van der Waals surface area contributed by atoms with Crippen LogP contribution >= 0.6 is 0 Å². The molecule has 2 aromatic carbocycles. The van der Waals surface area contributed by atoms with Crippen molar-refractivity contribution in [3.05, 3.63) is 72.1 Å². The van der Waals surface area contributed by atoms with E-state index >= 15 is 4.39 Å². The molecule has 7 nitrogen and oxygen atoms in total. The number of halogens is 3. The third-order valence-electron chi connectivity index (χ3n) is 4.88. The molecule has 2 heterocycles. The molecule has 0 unspecified atom stereocenters. The van der Waals surface area contributed by atoms with Crippen molar-refractivity contribution in [3.8, 4) is 17.0 Å². The lowest BCUT2D eigenvalue weighted by atomic mass is 10.0. The van der Waals surface area contributed by atoms with Crippen molar-refractivity contribution in [1.82, 2.24) is 9.97 Å². The van der Waals surface area contributed by atoms with E-state index in [9.17, 15) is 17.2 Å². The van der Waals surface area contributed by atoms with Crippen LogP contribution in [-0.4, -0.2) is 25.5 Å². The SMILES string of the molecule is COc1ncc(CF)cc1S(=O)(=O)Nc1ccc(F)c(-c2ccc3cc(N)ncc3c2)c1F. The summed E-state index contributed by atoms with van der Waals surface area (Å²) < 4.78 is 75.8. The van der Waals surface area contributed by atoms with Gasteiger partial charge in [-0.2, -0.15) is 0 Å². The number of nitrogens with zero attached hydrogens (tertiary/aromatic N) is 2. The summed E-state index contributed by atoms with van der Waals surface area (Å²) >= 11 is 0. The van der Waals surface area contributed by atoms with Crippen LogP contribution in [0.3, 0.4) is 0 Å². The van der Waals surface area contributed by atoms with Gasteiger partial charge in [-0.3, -0.25) is 4.72 Å². The van der Waals surface area contributed by atoms with Crippen LogP contribution in [0.15, 0.2) is 59.8 Å². The fourth-order valence-corrected chi connectivity index (χ4v) is 4.53. The predicted octanol–water partition coefficient (Wildman–Crippen LogP) is 4.44. The monoisotopic (exact) mass is 474 g/mol. The third kappa shape index (κ3) is 4.27. The number of rotatable bonds is 6. The maximum atomic E-state index is 15.3. The summed E-state index contributed by atoms with van der Waals surface area (Å²) in [5, 5.41) is 1.31. The van der Waals surface area contributed by atoms with Gasteiger partial charge in [0.05, 0.1) is 18.4 Å². The van der Waals surface area contributed by atoms with Crippen LogP contribution in [0.1, 0.15) is 5.56 Å². The van der Waals surface area contributed by atoms with E-state index in [1.807, 2.05) is 0 Å². The van der Waals surface area contributed by atoms with Gasteiger partial charge in [-0.05, 0) is 41.3 Å². The quantitative estimate of drug-likeness (QED) is 0.428. The number of hydrogen-bond acceptors (Lipinski definition) is 6. The van der Waals surface area contributed by atoms with Crippen LogP contribution < -0.4 is 15.2 Å². The highest BCUT2D eigenvalue weighted by molar-refractivity contribution is 7.92. The number of pyridine rings is 2. The molecule has 11 heteroatoms. The topological polar surface area (TPSA) is 107 Å². The molecule has 0 fully saturated rings. The summed E-state index contributed by atoms with van der Waals surface area (Å²) in [6.45, 7) is -0.961. The van der Waals surface area contributed by atoms with Crippen molar-refractivity contribution in [3.63, 3.8) is 0 Å².